The maximum Gasteiger partial charge on any atom is 0.313 e. The number of methoxy groups -OCH3 is 1. The van der Waals surface area contributed by atoms with Gasteiger partial charge in [0.2, 0.25) is 0 Å². The lowest BCUT2D eigenvalue weighted by molar-refractivity contribution is -0.147. The molecule has 3 aromatic rings. The van der Waals surface area contributed by atoms with E-state index in [0.717, 1.165) is 28.8 Å². The molecule has 0 bridgehead atoms. The minimum absolute atomic E-state index is 0.0149. The Kier molecular flexibility index (Phi) is 11.7. The van der Waals surface area contributed by atoms with Gasteiger partial charge in [0.15, 0.2) is 9.84 Å². The molecule has 1 saturated carbocycles. The fourth-order valence-electron chi connectivity index (χ4n) is 7.35. The molecule has 1 aliphatic carbocycles. The predicted octanol–water partition coefficient (Wildman–Crippen LogP) is 6.71. The van der Waals surface area contributed by atoms with Crippen molar-refractivity contribution in [2.24, 2.45) is 10.8 Å². The first-order valence-electron chi connectivity index (χ1n) is 17.3. The monoisotopic (exact) mass is 706 g/mol. The molecular formula is C40H54O7SSi. The number of ether oxygens (including phenoxy) is 1. The van der Waals surface area contributed by atoms with E-state index in [1.165, 1.54) is 7.11 Å². The molecule has 3 aromatic carbocycles. The van der Waals surface area contributed by atoms with Gasteiger partial charge in [-0.25, -0.2) is 8.42 Å². The lowest BCUT2D eigenvalue weighted by Crippen LogP contribution is -2.66. The van der Waals surface area contributed by atoms with Crippen molar-refractivity contribution in [2.75, 3.05) is 25.2 Å². The van der Waals surface area contributed by atoms with Gasteiger partial charge < -0.3 is 14.3 Å². The van der Waals surface area contributed by atoms with Gasteiger partial charge in [-0.05, 0) is 71.0 Å². The Balaban J connectivity index is 1.42. The summed E-state index contributed by atoms with van der Waals surface area (Å²) in [7, 11) is -4.95. The summed E-state index contributed by atoms with van der Waals surface area (Å²) in [6.07, 6.45) is 3.51. The molecular weight excluding hydrogens is 653 g/mol. The highest BCUT2D eigenvalue weighted by Crippen LogP contribution is 2.49. The molecule has 1 unspecified atom stereocenters. The molecule has 1 aliphatic rings. The van der Waals surface area contributed by atoms with E-state index in [9.17, 15) is 23.1 Å². The smallest absolute Gasteiger partial charge is 0.313 e. The van der Waals surface area contributed by atoms with Gasteiger partial charge in [-0.15, -0.1) is 0 Å². The highest BCUT2D eigenvalue weighted by Gasteiger charge is 2.51. The summed E-state index contributed by atoms with van der Waals surface area (Å²) < 4.78 is 39.0. The number of esters is 1. The van der Waals surface area contributed by atoms with Crippen LogP contribution in [0.15, 0.2) is 84.9 Å². The van der Waals surface area contributed by atoms with Gasteiger partial charge in [-0.2, -0.15) is 0 Å². The van der Waals surface area contributed by atoms with Crippen LogP contribution in [0, 0.1) is 10.8 Å². The third-order valence-corrected chi connectivity index (χ3v) is 17.4. The summed E-state index contributed by atoms with van der Waals surface area (Å²) in [4.78, 5) is 25.0. The molecule has 0 aromatic heterocycles. The van der Waals surface area contributed by atoms with Gasteiger partial charge in [-0.3, -0.25) is 9.59 Å². The number of carbonyl (C=O) groups excluding carboxylic acids is 1. The normalized spacial score (nSPS) is 16.1. The number of hydrogen-bond acceptors (Lipinski definition) is 6. The second kappa shape index (κ2) is 14.9. The average molecular weight is 707 g/mol. The van der Waals surface area contributed by atoms with Crippen LogP contribution in [-0.2, 0) is 40.4 Å². The standard InChI is InChI=1S/C40H54O7SSi/c1-37(2,3)49(33-18-10-8-11-19-33,34-20-12-9-13-21-34)47-26-27-48(44,45)30-38(4,5)22-15-23-39(6,35(41)42)32-17-14-16-31(28-32)29-40(24-25-40)36(43)46-7/h8-14,16-21,28H,15,22-27,29-30H2,1-7H3,(H,41,42). The maximum atomic E-state index is 13.6. The summed E-state index contributed by atoms with van der Waals surface area (Å²) in [5.41, 5.74) is -0.622. The Labute approximate surface area is 294 Å². The Bertz CT molecular complexity index is 1650. The second-order valence-electron chi connectivity index (χ2n) is 15.9. The van der Waals surface area contributed by atoms with Crippen molar-refractivity contribution in [1.29, 1.82) is 0 Å². The number of sulfone groups is 1. The molecule has 0 spiro atoms. The fraction of sp³-hybridized carbons (Fsp3) is 0.500. The zero-order valence-electron chi connectivity index (χ0n) is 30.3. The SMILES string of the molecule is COC(=O)C1(Cc2cccc(C(C)(CCCC(C)(C)CS(=O)(=O)CCO[Si](c3ccccc3)(c3ccccc3)C(C)(C)C)C(=O)O)c2)CC1. The molecule has 0 heterocycles. The van der Waals surface area contributed by atoms with Gasteiger partial charge in [-0.1, -0.05) is 126 Å². The molecule has 266 valence electrons. The number of hydrogen-bond donors (Lipinski definition) is 1. The van der Waals surface area contributed by atoms with E-state index < -0.39 is 40.4 Å². The van der Waals surface area contributed by atoms with Crippen molar-refractivity contribution in [3.05, 3.63) is 96.1 Å². The van der Waals surface area contributed by atoms with Crippen LogP contribution in [0.5, 0.6) is 0 Å². The van der Waals surface area contributed by atoms with Crippen LogP contribution < -0.4 is 10.4 Å². The van der Waals surface area contributed by atoms with E-state index >= 15 is 0 Å². The van der Waals surface area contributed by atoms with Crippen LogP contribution in [0.2, 0.25) is 5.04 Å². The molecule has 0 amide bonds. The molecule has 4 rings (SSSR count). The summed E-state index contributed by atoms with van der Waals surface area (Å²) in [6.45, 7) is 12.2. The van der Waals surface area contributed by atoms with Crippen molar-refractivity contribution < 1.29 is 32.3 Å². The Morgan fingerprint density at radius 1 is 0.837 bits per heavy atom. The first-order chi connectivity index (χ1) is 22.9. The largest absolute Gasteiger partial charge is 0.481 e. The third-order valence-electron chi connectivity index (χ3n) is 10.3. The van der Waals surface area contributed by atoms with E-state index in [4.69, 9.17) is 9.16 Å². The van der Waals surface area contributed by atoms with Crippen LogP contribution in [0.25, 0.3) is 0 Å². The summed E-state index contributed by atoms with van der Waals surface area (Å²) >= 11 is 0. The van der Waals surface area contributed by atoms with Crippen molar-refractivity contribution >= 4 is 40.5 Å². The number of benzene rings is 3. The van der Waals surface area contributed by atoms with Gasteiger partial charge in [0.1, 0.15) is 0 Å². The second-order valence-corrected chi connectivity index (χ2v) is 22.4. The number of carboxylic acid groups (broad SMARTS) is 1. The first-order valence-corrected chi connectivity index (χ1v) is 21.0. The molecule has 9 heteroatoms. The van der Waals surface area contributed by atoms with Gasteiger partial charge in [0.05, 0.1) is 29.4 Å². The number of carboxylic acids is 1. The quantitative estimate of drug-likeness (QED) is 0.123. The van der Waals surface area contributed by atoms with Crippen LogP contribution in [-0.4, -0.2) is 59.0 Å². The topological polar surface area (TPSA) is 107 Å². The summed E-state index contributed by atoms with van der Waals surface area (Å²) in [6, 6.07) is 27.9. The van der Waals surface area contributed by atoms with Crippen LogP contribution in [0.3, 0.4) is 0 Å². The molecule has 49 heavy (non-hydrogen) atoms. The minimum Gasteiger partial charge on any atom is -0.481 e. The molecule has 0 saturated heterocycles. The summed E-state index contributed by atoms with van der Waals surface area (Å²) in [5.74, 6) is -1.25. The molecule has 0 radical (unpaired) electrons. The first kappa shape index (κ1) is 38.5. The number of carbonyl (C=O) groups is 2. The van der Waals surface area contributed by atoms with Crippen molar-refractivity contribution in [2.45, 2.75) is 90.5 Å². The van der Waals surface area contributed by atoms with Gasteiger partial charge >= 0.3 is 11.9 Å². The Morgan fingerprint density at radius 3 is 1.90 bits per heavy atom. The van der Waals surface area contributed by atoms with Crippen molar-refractivity contribution in [3.8, 4) is 0 Å². The number of aliphatic carboxylic acids is 1. The van der Waals surface area contributed by atoms with E-state index in [-0.39, 0.29) is 29.1 Å². The molecule has 1 fully saturated rings. The van der Waals surface area contributed by atoms with E-state index in [0.29, 0.717) is 31.2 Å². The number of rotatable bonds is 17. The minimum atomic E-state index is -3.49. The average Bonchev–Trinajstić information content (AvgIpc) is 3.82. The maximum absolute atomic E-state index is 13.6. The van der Waals surface area contributed by atoms with Crippen LogP contribution >= 0.6 is 0 Å². The van der Waals surface area contributed by atoms with Gasteiger partial charge in [0, 0.05) is 6.61 Å². The van der Waals surface area contributed by atoms with E-state index in [2.05, 4.69) is 45.0 Å². The zero-order valence-corrected chi connectivity index (χ0v) is 32.1. The van der Waals surface area contributed by atoms with Gasteiger partial charge in [0.25, 0.3) is 8.32 Å². The van der Waals surface area contributed by atoms with Crippen LogP contribution in [0.4, 0.5) is 0 Å². The molecule has 1 N–H and O–H groups in total. The lowest BCUT2D eigenvalue weighted by Gasteiger charge is -2.43. The molecule has 1 atom stereocenters. The summed E-state index contributed by atoms with van der Waals surface area (Å²) in [5, 5.41) is 12.3. The molecule has 0 aliphatic heterocycles. The van der Waals surface area contributed by atoms with E-state index in [1.54, 1.807) is 6.92 Å². The lowest BCUT2D eigenvalue weighted by atomic mass is 9.75. The van der Waals surface area contributed by atoms with Crippen molar-refractivity contribution in [3.63, 3.8) is 0 Å². The van der Waals surface area contributed by atoms with E-state index in [1.807, 2.05) is 74.5 Å². The highest BCUT2D eigenvalue weighted by atomic mass is 32.2. The Morgan fingerprint density at radius 2 is 1.41 bits per heavy atom. The molecule has 7 nitrogen and oxygen atoms in total. The zero-order chi connectivity index (χ0) is 36.1. The third kappa shape index (κ3) is 8.91. The van der Waals surface area contributed by atoms with Crippen LogP contribution in [0.1, 0.15) is 84.8 Å². The fourth-order valence-corrected chi connectivity index (χ4v) is 13.9. The predicted molar refractivity (Wildman–Crippen MR) is 199 cm³/mol. The Hall–Kier alpha value is -3.27. The highest BCUT2D eigenvalue weighted by molar-refractivity contribution is 7.91. The van der Waals surface area contributed by atoms with Crippen molar-refractivity contribution in [1.82, 2.24) is 0 Å².